The van der Waals surface area contributed by atoms with Gasteiger partial charge in [0.1, 0.15) is 17.7 Å². The average Bonchev–Trinajstić information content (AvgIpc) is 3.25. The molecule has 4 aromatic rings. The Morgan fingerprint density at radius 3 is 3.00 bits per heavy atom. The van der Waals surface area contributed by atoms with E-state index in [1.807, 2.05) is 0 Å². The van der Waals surface area contributed by atoms with Crippen LogP contribution >= 0.6 is 11.6 Å². The van der Waals surface area contributed by atoms with Crippen LogP contribution < -0.4 is 5.32 Å². The fourth-order valence-electron chi connectivity index (χ4n) is 2.43. The highest BCUT2D eigenvalue weighted by atomic mass is 35.5. The highest BCUT2D eigenvalue weighted by Gasteiger charge is 2.16. The van der Waals surface area contributed by atoms with E-state index in [4.69, 9.17) is 11.6 Å². The van der Waals surface area contributed by atoms with E-state index in [2.05, 4.69) is 25.5 Å². The number of anilines is 1. The molecule has 0 radical (unpaired) electrons. The molecule has 0 bridgehead atoms. The summed E-state index contributed by atoms with van der Waals surface area (Å²) in [5, 5.41) is 11.0. The van der Waals surface area contributed by atoms with Gasteiger partial charge >= 0.3 is 0 Å². The molecule has 1 N–H and O–H groups in total. The zero-order valence-corrected chi connectivity index (χ0v) is 13.9. The van der Waals surface area contributed by atoms with E-state index in [0.29, 0.717) is 21.8 Å². The quantitative estimate of drug-likeness (QED) is 0.595. The van der Waals surface area contributed by atoms with Crippen LogP contribution in [0.4, 0.5) is 10.3 Å². The van der Waals surface area contributed by atoms with Gasteiger partial charge in [-0.3, -0.25) is 10.1 Å². The zero-order chi connectivity index (χ0) is 18.1. The number of carbonyl (C=O) groups excluding carboxylic acids is 1. The van der Waals surface area contributed by atoms with Crippen LogP contribution in [0.2, 0.25) is 5.02 Å². The molecule has 0 fully saturated rings. The SMILES string of the molecule is O=C(Nc1ncn(Cc2c(F)cccc2Cl)n1)c1cnn2cccnc12. The first-order chi connectivity index (χ1) is 12.6. The van der Waals surface area contributed by atoms with Gasteiger partial charge in [0.05, 0.1) is 12.7 Å². The Bertz CT molecular complexity index is 1090. The summed E-state index contributed by atoms with van der Waals surface area (Å²) in [6.45, 7) is 0.0899. The summed E-state index contributed by atoms with van der Waals surface area (Å²) in [5.74, 6) is -0.797. The third-order valence-corrected chi connectivity index (χ3v) is 4.02. The molecule has 0 saturated carbocycles. The molecule has 0 aliphatic rings. The van der Waals surface area contributed by atoms with E-state index in [-0.39, 0.29) is 12.5 Å². The van der Waals surface area contributed by atoms with Gasteiger partial charge in [0, 0.05) is 23.0 Å². The van der Waals surface area contributed by atoms with E-state index in [0.717, 1.165) is 0 Å². The molecule has 0 atom stereocenters. The van der Waals surface area contributed by atoms with E-state index < -0.39 is 11.7 Å². The summed E-state index contributed by atoms with van der Waals surface area (Å²) in [6, 6.07) is 6.15. The van der Waals surface area contributed by atoms with Gasteiger partial charge in [-0.05, 0) is 18.2 Å². The second-order valence-electron chi connectivity index (χ2n) is 5.37. The molecule has 0 spiro atoms. The number of nitrogens with zero attached hydrogens (tertiary/aromatic N) is 6. The summed E-state index contributed by atoms with van der Waals surface area (Å²) in [5.41, 5.74) is 1.01. The van der Waals surface area contributed by atoms with Crippen molar-refractivity contribution in [3.63, 3.8) is 0 Å². The maximum absolute atomic E-state index is 13.9. The Hall–Kier alpha value is -3.33. The minimum absolute atomic E-state index is 0.0812. The Balaban J connectivity index is 1.52. The average molecular weight is 372 g/mol. The van der Waals surface area contributed by atoms with Crippen LogP contribution in [0.5, 0.6) is 0 Å². The molecule has 1 aromatic carbocycles. The summed E-state index contributed by atoms with van der Waals surface area (Å²) < 4.78 is 16.7. The second kappa shape index (κ2) is 6.52. The van der Waals surface area contributed by atoms with Crippen LogP contribution in [-0.2, 0) is 6.54 Å². The molecular weight excluding hydrogens is 361 g/mol. The number of fused-ring (bicyclic) bond motifs is 1. The molecule has 3 aromatic heterocycles. The van der Waals surface area contributed by atoms with E-state index in [9.17, 15) is 9.18 Å². The fourth-order valence-corrected chi connectivity index (χ4v) is 2.65. The van der Waals surface area contributed by atoms with Crippen molar-refractivity contribution >= 4 is 29.1 Å². The standard InChI is InChI=1S/C16H11ClFN7O/c17-12-3-1-4-13(18)11(12)8-24-9-20-16(23-24)22-15(26)10-7-21-25-6-2-5-19-14(10)25/h1-7,9H,8H2,(H,22,23,26). The van der Waals surface area contributed by atoms with E-state index in [1.165, 1.54) is 33.9 Å². The normalized spacial score (nSPS) is 11.0. The predicted octanol–water partition coefficient (Wildman–Crippen LogP) is 2.41. The first-order valence-electron chi connectivity index (χ1n) is 7.54. The van der Waals surface area contributed by atoms with Crippen molar-refractivity contribution < 1.29 is 9.18 Å². The summed E-state index contributed by atoms with van der Waals surface area (Å²) in [7, 11) is 0. The summed E-state index contributed by atoms with van der Waals surface area (Å²) in [4.78, 5) is 20.5. The number of hydrogen-bond acceptors (Lipinski definition) is 5. The van der Waals surface area contributed by atoms with Gasteiger partial charge in [-0.25, -0.2) is 23.6 Å². The Kier molecular flexibility index (Phi) is 4.05. The van der Waals surface area contributed by atoms with Crippen LogP contribution in [0.15, 0.2) is 49.2 Å². The van der Waals surface area contributed by atoms with Gasteiger partial charge in [-0.2, -0.15) is 5.10 Å². The van der Waals surface area contributed by atoms with Gasteiger partial charge in [0.2, 0.25) is 5.95 Å². The first-order valence-corrected chi connectivity index (χ1v) is 7.91. The maximum atomic E-state index is 13.9. The van der Waals surface area contributed by atoms with E-state index in [1.54, 1.807) is 24.5 Å². The van der Waals surface area contributed by atoms with Crippen LogP contribution in [0.3, 0.4) is 0 Å². The van der Waals surface area contributed by atoms with Crippen molar-refractivity contribution in [1.29, 1.82) is 0 Å². The monoisotopic (exact) mass is 371 g/mol. The van der Waals surface area contributed by atoms with Gasteiger partial charge in [0.15, 0.2) is 5.65 Å². The van der Waals surface area contributed by atoms with Crippen molar-refractivity contribution in [2.45, 2.75) is 6.54 Å². The Morgan fingerprint density at radius 2 is 2.15 bits per heavy atom. The minimum Gasteiger partial charge on any atom is -0.289 e. The van der Waals surface area contributed by atoms with Crippen molar-refractivity contribution in [3.05, 3.63) is 71.2 Å². The molecule has 26 heavy (non-hydrogen) atoms. The van der Waals surface area contributed by atoms with Crippen LogP contribution in [0.1, 0.15) is 15.9 Å². The second-order valence-corrected chi connectivity index (χ2v) is 5.77. The topological polar surface area (TPSA) is 90.0 Å². The van der Waals surface area contributed by atoms with Crippen LogP contribution in [0.25, 0.3) is 5.65 Å². The van der Waals surface area contributed by atoms with Gasteiger partial charge in [-0.15, -0.1) is 5.10 Å². The minimum atomic E-state index is -0.444. The molecule has 3 heterocycles. The predicted molar refractivity (Wildman–Crippen MR) is 91.5 cm³/mol. The Morgan fingerprint density at radius 1 is 1.27 bits per heavy atom. The molecule has 8 nitrogen and oxygen atoms in total. The van der Waals surface area contributed by atoms with Gasteiger partial charge < -0.3 is 0 Å². The number of carbonyl (C=O) groups is 1. The van der Waals surface area contributed by atoms with E-state index >= 15 is 0 Å². The summed E-state index contributed by atoms with van der Waals surface area (Å²) in [6.07, 6.45) is 6.05. The lowest BCUT2D eigenvalue weighted by Gasteiger charge is -2.05. The molecule has 0 unspecified atom stereocenters. The van der Waals surface area contributed by atoms with Crippen molar-refractivity contribution in [1.82, 2.24) is 29.4 Å². The fraction of sp³-hybridized carbons (Fsp3) is 0.0625. The van der Waals surface area contributed by atoms with Crippen LogP contribution in [0, 0.1) is 5.82 Å². The third kappa shape index (κ3) is 3.00. The van der Waals surface area contributed by atoms with Crippen molar-refractivity contribution in [2.75, 3.05) is 5.32 Å². The zero-order valence-electron chi connectivity index (χ0n) is 13.2. The third-order valence-electron chi connectivity index (χ3n) is 3.67. The molecule has 10 heteroatoms. The maximum Gasteiger partial charge on any atom is 0.263 e. The van der Waals surface area contributed by atoms with Crippen molar-refractivity contribution in [2.24, 2.45) is 0 Å². The molecule has 130 valence electrons. The lowest BCUT2D eigenvalue weighted by Crippen LogP contribution is -2.13. The number of nitrogens with one attached hydrogen (secondary N) is 1. The largest absolute Gasteiger partial charge is 0.289 e. The number of aromatic nitrogens is 6. The Labute approximate surface area is 151 Å². The highest BCUT2D eigenvalue weighted by Crippen LogP contribution is 2.20. The molecule has 0 aliphatic carbocycles. The van der Waals surface area contributed by atoms with Crippen LogP contribution in [-0.4, -0.2) is 35.3 Å². The number of rotatable bonds is 4. The smallest absolute Gasteiger partial charge is 0.263 e. The highest BCUT2D eigenvalue weighted by molar-refractivity contribution is 6.31. The first kappa shape index (κ1) is 16.2. The summed E-state index contributed by atoms with van der Waals surface area (Å²) >= 11 is 6.01. The number of halogens is 2. The molecule has 0 aliphatic heterocycles. The molecule has 0 saturated heterocycles. The number of amides is 1. The van der Waals surface area contributed by atoms with Gasteiger partial charge in [0.25, 0.3) is 5.91 Å². The molecular formula is C16H11ClFN7O. The van der Waals surface area contributed by atoms with Gasteiger partial charge in [-0.1, -0.05) is 17.7 Å². The number of hydrogen-bond donors (Lipinski definition) is 1. The number of benzene rings is 1. The lowest BCUT2D eigenvalue weighted by molar-refractivity contribution is 0.102. The molecule has 4 rings (SSSR count). The molecule has 1 amide bonds. The lowest BCUT2D eigenvalue weighted by atomic mass is 10.2. The van der Waals surface area contributed by atoms with Crippen molar-refractivity contribution in [3.8, 4) is 0 Å².